The highest BCUT2D eigenvalue weighted by Crippen LogP contribution is 2.18. The Hall–Kier alpha value is -2.48. The second-order valence-electron chi connectivity index (χ2n) is 11.0. The Labute approximate surface area is 241 Å². The SMILES string of the molecule is CCCCCCCCCCCCCCCCC/C=C/C(=Nc1ccccc1)C(CCCC)=Nc1ccccc1. The fourth-order valence-electron chi connectivity index (χ4n) is 4.91. The highest BCUT2D eigenvalue weighted by molar-refractivity contribution is 6.47. The minimum absolute atomic E-state index is 0.945. The van der Waals surface area contributed by atoms with Crippen LogP contribution < -0.4 is 0 Å². The first-order valence-electron chi connectivity index (χ1n) is 16.3. The summed E-state index contributed by atoms with van der Waals surface area (Å²) >= 11 is 0. The van der Waals surface area contributed by atoms with Gasteiger partial charge in [-0.2, -0.15) is 0 Å². The fourth-order valence-corrected chi connectivity index (χ4v) is 4.91. The highest BCUT2D eigenvalue weighted by atomic mass is 14.8. The molecule has 0 spiro atoms. The maximum atomic E-state index is 5.02. The molecule has 0 unspecified atom stereocenters. The lowest BCUT2D eigenvalue weighted by atomic mass is 10.0. The molecule has 0 fully saturated rings. The van der Waals surface area contributed by atoms with Crippen LogP contribution >= 0.6 is 0 Å². The lowest BCUT2D eigenvalue weighted by Gasteiger charge is -2.08. The van der Waals surface area contributed by atoms with Crippen LogP contribution in [-0.4, -0.2) is 11.4 Å². The monoisotopic (exact) mass is 528 g/mol. The Balaban J connectivity index is 1.73. The maximum Gasteiger partial charge on any atom is 0.0848 e. The van der Waals surface area contributed by atoms with Gasteiger partial charge in [0.1, 0.15) is 0 Å². The number of unbranched alkanes of at least 4 members (excludes halogenated alkanes) is 16. The van der Waals surface area contributed by atoms with Crippen LogP contribution in [0.3, 0.4) is 0 Å². The summed E-state index contributed by atoms with van der Waals surface area (Å²) in [6.07, 6.45) is 29.9. The lowest BCUT2D eigenvalue weighted by molar-refractivity contribution is 0.533. The van der Waals surface area contributed by atoms with Crippen LogP contribution in [0.4, 0.5) is 11.4 Å². The molecule has 2 nitrogen and oxygen atoms in total. The standard InChI is InChI=1S/C37H56N2/c1-3-5-7-8-9-10-11-12-13-14-15-16-17-18-19-20-27-33-37(39-35-30-25-22-26-31-35)36(32-6-4-2)38-34-28-23-21-24-29-34/h21-31,33H,3-20,32H2,1-2H3/b33-27+,38-36?,39-37?. The van der Waals surface area contributed by atoms with Crippen LogP contribution in [0.1, 0.15) is 136 Å². The van der Waals surface area contributed by atoms with E-state index in [9.17, 15) is 0 Å². The molecule has 0 heterocycles. The van der Waals surface area contributed by atoms with Gasteiger partial charge in [0.25, 0.3) is 0 Å². The summed E-state index contributed by atoms with van der Waals surface area (Å²) in [7, 11) is 0. The molecular weight excluding hydrogens is 472 g/mol. The van der Waals surface area contributed by atoms with Gasteiger partial charge in [0, 0.05) is 0 Å². The molecular formula is C37H56N2. The summed E-state index contributed by atoms with van der Waals surface area (Å²) in [6.45, 7) is 4.53. The first-order valence-corrected chi connectivity index (χ1v) is 16.3. The summed E-state index contributed by atoms with van der Waals surface area (Å²) in [4.78, 5) is 10.0. The second kappa shape index (κ2) is 23.4. The number of nitrogens with zero attached hydrogens (tertiary/aromatic N) is 2. The smallest absolute Gasteiger partial charge is 0.0848 e. The van der Waals surface area contributed by atoms with Crippen molar-refractivity contribution >= 4 is 22.8 Å². The van der Waals surface area contributed by atoms with Gasteiger partial charge in [-0.1, -0.05) is 153 Å². The average Bonchev–Trinajstić information content (AvgIpc) is 2.97. The molecule has 0 atom stereocenters. The topological polar surface area (TPSA) is 24.7 Å². The third-order valence-electron chi connectivity index (χ3n) is 7.34. The van der Waals surface area contributed by atoms with Crippen molar-refractivity contribution in [3.63, 3.8) is 0 Å². The Morgan fingerprint density at radius 2 is 0.949 bits per heavy atom. The van der Waals surface area contributed by atoms with Crippen LogP contribution in [0.25, 0.3) is 0 Å². The van der Waals surface area contributed by atoms with Crippen molar-refractivity contribution in [3.8, 4) is 0 Å². The Kier molecular flexibility index (Phi) is 19.6. The van der Waals surface area contributed by atoms with Crippen molar-refractivity contribution in [2.75, 3.05) is 0 Å². The molecule has 0 saturated carbocycles. The van der Waals surface area contributed by atoms with Gasteiger partial charge in [0.15, 0.2) is 0 Å². The molecule has 39 heavy (non-hydrogen) atoms. The van der Waals surface area contributed by atoms with Crippen LogP contribution in [-0.2, 0) is 0 Å². The van der Waals surface area contributed by atoms with Gasteiger partial charge in [-0.25, -0.2) is 4.99 Å². The van der Waals surface area contributed by atoms with E-state index < -0.39 is 0 Å². The van der Waals surface area contributed by atoms with E-state index in [2.05, 4.69) is 74.5 Å². The van der Waals surface area contributed by atoms with Gasteiger partial charge < -0.3 is 0 Å². The molecule has 0 N–H and O–H groups in total. The zero-order chi connectivity index (χ0) is 27.6. The normalized spacial score (nSPS) is 12.5. The summed E-state index contributed by atoms with van der Waals surface area (Å²) in [5.41, 5.74) is 4.07. The average molecular weight is 529 g/mol. The summed E-state index contributed by atoms with van der Waals surface area (Å²) in [6, 6.07) is 20.6. The number of hydrogen-bond acceptors (Lipinski definition) is 2. The lowest BCUT2D eigenvalue weighted by Crippen LogP contribution is -2.11. The predicted octanol–water partition coefficient (Wildman–Crippen LogP) is 12.5. The van der Waals surface area contributed by atoms with E-state index in [1.54, 1.807) is 0 Å². The third-order valence-corrected chi connectivity index (χ3v) is 7.34. The molecule has 2 aromatic carbocycles. The van der Waals surface area contributed by atoms with E-state index in [1.807, 2.05) is 12.1 Å². The van der Waals surface area contributed by atoms with Gasteiger partial charge in [-0.15, -0.1) is 0 Å². The molecule has 0 saturated heterocycles. The highest BCUT2D eigenvalue weighted by Gasteiger charge is 2.08. The van der Waals surface area contributed by atoms with Crippen LogP contribution in [0.5, 0.6) is 0 Å². The number of aliphatic imine (C=N–C) groups is 2. The molecule has 2 rings (SSSR count). The van der Waals surface area contributed by atoms with Crippen LogP contribution in [0.2, 0.25) is 0 Å². The molecule has 0 aliphatic heterocycles. The largest absolute Gasteiger partial charge is 0.251 e. The molecule has 0 radical (unpaired) electrons. The molecule has 214 valence electrons. The first kappa shape index (κ1) is 32.7. The molecule has 2 aromatic rings. The van der Waals surface area contributed by atoms with E-state index in [0.29, 0.717) is 0 Å². The molecule has 0 bridgehead atoms. The van der Waals surface area contributed by atoms with Crippen molar-refractivity contribution in [2.45, 2.75) is 136 Å². The zero-order valence-electron chi connectivity index (χ0n) is 25.3. The number of para-hydroxylation sites is 2. The van der Waals surface area contributed by atoms with Crippen molar-refractivity contribution in [1.82, 2.24) is 0 Å². The predicted molar refractivity (Wildman–Crippen MR) is 175 cm³/mol. The van der Waals surface area contributed by atoms with E-state index in [4.69, 9.17) is 9.98 Å². The number of rotatable bonds is 23. The summed E-state index contributed by atoms with van der Waals surface area (Å²) < 4.78 is 0. The van der Waals surface area contributed by atoms with Gasteiger partial charge in [-0.05, 0) is 56.0 Å². The fraction of sp³-hybridized carbons (Fsp3) is 0.568. The van der Waals surface area contributed by atoms with E-state index in [1.165, 1.54) is 96.3 Å². The summed E-state index contributed by atoms with van der Waals surface area (Å²) in [5, 5.41) is 0. The molecule has 0 aliphatic carbocycles. The number of allylic oxidation sites excluding steroid dienone is 2. The first-order chi connectivity index (χ1) is 19.3. The Morgan fingerprint density at radius 3 is 1.44 bits per heavy atom. The molecule has 2 heteroatoms. The minimum Gasteiger partial charge on any atom is -0.251 e. The third kappa shape index (κ3) is 17.0. The quantitative estimate of drug-likeness (QED) is 0.101. The summed E-state index contributed by atoms with van der Waals surface area (Å²) in [5.74, 6) is 0. The van der Waals surface area contributed by atoms with Crippen molar-refractivity contribution in [3.05, 3.63) is 72.8 Å². The van der Waals surface area contributed by atoms with Gasteiger partial charge in [0.05, 0.1) is 22.8 Å². The minimum atomic E-state index is 0.945. The van der Waals surface area contributed by atoms with Gasteiger partial charge in [0.2, 0.25) is 0 Å². The Morgan fingerprint density at radius 1 is 0.513 bits per heavy atom. The molecule has 0 aromatic heterocycles. The van der Waals surface area contributed by atoms with Crippen LogP contribution in [0, 0.1) is 0 Å². The molecule has 0 amide bonds. The van der Waals surface area contributed by atoms with E-state index >= 15 is 0 Å². The van der Waals surface area contributed by atoms with Crippen molar-refractivity contribution in [1.29, 1.82) is 0 Å². The van der Waals surface area contributed by atoms with Crippen molar-refractivity contribution < 1.29 is 0 Å². The van der Waals surface area contributed by atoms with Gasteiger partial charge in [-0.3, -0.25) is 4.99 Å². The zero-order valence-corrected chi connectivity index (χ0v) is 25.3. The Bertz CT molecular complexity index is 911. The maximum absolute atomic E-state index is 5.02. The van der Waals surface area contributed by atoms with Crippen LogP contribution in [0.15, 0.2) is 82.8 Å². The van der Waals surface area contributed by atoms with E-state index in [0.717, 1.165) is 48.5 Å². The second-order valence-corrected chi connectivity index (χ2v) is 11.0. The van der Waals surface area contributed by atoms with Crippen molar-refractivity contribution in [2.24, 2.45) is 9.98 Å². The van der Waals surface area contributed by atoms with Gasteiger partial charge >= 0.3 is 0 Å². The number of hydrogen-bond donors (Lipinski definition) is 0. The molecule has 0 aliphatic rings. The van der Waals surface area contributed by atoms with E-state index in [-0.39, 0.29) is 0 Å². The number of benzene rings is 2.